The summed E-state index contributed by atoms with van der Waals surface area (Å²) in [6.07, 6.45) is 2.02. The third-order valence-electron chi connectivity index (χ3n) is 6.48. The fraction of sp³-hybridized carbons (Fsp3) is 0.385. The van der Waals surface area contributed by atoms with E-state index in [1.807, 2.05) is 12.1 Å². The summed E-state index contributed by atoms with van der Waals surface area (Å²) in [6, 6.07) is 11.5. The number of ether oxygens (including phenoxy) is 1. The van der Waals surface area contributed by atoms with Gasteiger partial charge in [-0.1, -0.05) is 12.1 Å². The molecule has 0 saturated carbocycles. The summed E-state index contributed by atoms with van der Waals surface area (Å²) in [5, 5.41) is 7.36. The average Bonchev–Trinajstić information content (AvgIpc) is 3.12. The Bertz CT molecular complexity index is 1150. The molecule has 0 atom stereocenters. The largest absolute Gasteiger partial charge is 0.497 e. The molecule has 1 amide bonds. The molecule has 2 heterocycles. The second-order valence-electron chi connectivity index (χ2n) is 8.83. The Morgan fingerprint density at radius 2 is 1.82 bits per heavy atom. The van der Waals surface area contributed by atoms with E-state index < -0.39 is 11.6 Å². The Balaban J connectivity index is 1.31. The molecule has 0 radical (unpaired) electrons. The van der Waals surface area contributed by atoms with Crippen molar-refractivity contribution in [2.24, 2.45) is 5.92 Å². The molecule has 0 bridgehead atoms. The highest BCUT2D eigenvalue weighted by Crippen LogP contribution is 2.22. The zero-order valence-electron chi connectivity index (χ0n) is 19.8. The van der Waals surface area contributed by atoms with Gasteiger partial charge in [0.2, 0.25) is 0 Å². The maximum atomic E-state index is 14.2. The molecule has 8 heteroatoms. The van der Waals surface area contributed by atoms with Crippen LogP contribution in [0.2, 0.25) is 0 Å². The number of nitrogens with one attached hydrogen (secondary N) is 1. The van der Waals surface area contributed by atoms with E-state index in [1.54, 1.807) is 21.0 Å². The van der Waals surface area contributed by atoms with Crippen LogP contribution < -0.4 is 10.1 Å². The number of methoxy groups -OCH3 is 1. The van der Waals surface area contributed by atoms with Gasteiger partial charge < -0.3 is 10.1 Å². The quantitative estimate of drug-likeness (QED) is 0.558. The van der Waals surface area contributed by atoms with Crippen molar-refractivity contribution in [3.8, 4) is 11.4 Å². The van der Waals surface area contributed by atoms with Gasteiger partial charge in [-0.15, -0.1) is 0 Å². The van der Waals surface area contributed by atoms with Crippen LogP contribution in [-0.2, 0) is 6.54 Å². The number of carbonyl (C=O) groups excluding carboxylic acids is 1. The number of amides is 1. The number of hydrogen-bond donors (Lipinski definition) is 1. The van der Waals surface area contributed by atoms with Gasteiger partial charge in [0, 0.05) is 19.2 Å². The molecule has 34 heavy (non-hydrogen) atoms. The highest BCUT2D eigenvalue weighted by molar-refractivity contribution is 5.96. The molecule has 1 aliphatic heterocycles. The Hall–Kier alpha value is -3.26. The van der Waals surface area contributed by atoms with Gasteiger partial charge in [0.25, 0.3) is 5.91 Å². The molecule has 180 valence electrons. The van der Waals surface area contributed by atoms with Crippen LogP contribution in [0.3, 0.4) is 0 Å². The number of benzene rings is 2. The summed E-state index contributed by atoms with van der Waals surface area (Å²) in [5.74, 6) is -0.336. The molecule has 1 aliphatic rings. The number of nitrogens with zero attached hydrogens (tertiary/aromatic N) is 3. The minimum absolute atomic E-state index is 0.116. The van der Waals surface area contributed by atoms with E-state index in [2.05, 4.69) is 27.4 Å². The highest BCUT2D eigenvalue weighted by atomic mass is 19.1. The van der Waals surface area contributed by atoms with Crippen LogP contribution in [0.25, 0.3) is 5.69 Å². The molecule has 6 nitrogen and oxygen atoms in total. The molecule has 2 aromatic carbocycles. The maximum absolute atomic E-state index is 14.2. The third kappa shape index (κ3) is 5.28. The normalized spacial score (nSPS) is 14.9. The second kappa shape index (κ2) is 10.3. The van der Waals surface area contributed by atoms with Gasteiger partial charge in [0.05, 0.1) is 24.1 Å². The van der Waals surface area contributed by atoms with E-state index in [0.717, 1.165) is 44.3 Å². The Morgan fingerprint density at radius 1 is 1.12 bits per heavy atom. The lowest BCUT2D eigenvalue weighted by molar-refractivity contribution is 0.0934. The van der Waals surface area contributed by atoms with Crippen LogP contribution in [0.4, 0.5) is 8.78 Å². The maximum Gasteiger partial charge on any atom is 0.255 e. The number of halogens is 2. The van der Waals surface area contributed by atoms with Crippen molar-refractivity contribution in [3.63, 3.8) is 0 Å². The molecular weight excluding hydrogens is 438 g/mol. The Morgan fingerprint density at radius 3 is 2.47 bits per heavy atom. The van der Waals surface area contributed by atoms with Crippen LogP contribution in [0.15, 0.2) is 42.5 Å². The lowest BCUT2D eigenvalue weighted by atomic mass is 9.96. The van der Waals surface area contributed by atoms with Crippen LogP contribution in [-0.4, -0.2) is 47.3 Å². The molecule has 1 fully saturated rings. The van der Waals surface area contributed by atoms with Gasteiger partial charge >= 0.3 is 0 Å². The molecule has 3 aromatic rings. The average molecular weight is 469 g/mol. The minimum Gasteiger partial charge on any atom is -0.497 e. The number of aromatic nitrogens is 2. The topological polar surface area (TPSA) is 59.4 Å². The molecule has 1 saturated heterocycles. The van der Waals surface area contributed by atoms with Gasteiger partial charge in [-0.2, -0.15) is 5.10 Å². The minimum atomic E-state index is -0.723. The monoisotopic (exact) mass is 468 g/mol. The highest BCUT2D eigenvalue weighted by Gasteiger charge is 2.23. The molecule has 0 spiro atoms. The number of carbonyl (C=O) groups is 1. The fourth-order valence-electron chi connectivity index (χ4n) is 4.52. The number of likely N-dealkylation sites (tertiary alicyclic amines) is 1. The lowest BCUT2D eigenvalue weighted by Gasteiger charge is -2.32. The number of aryl methyl sites for hydroxylation is 1. The number of piperidine rings is 1. The van der Waals surface area contributed by atoms with Crippen LogP contribution >= 0.6 is 0 Å². The van der Waals surface area contributed by atoms with Crippen LogP contribution in [0.5, 0.6) is 5.75 Å². The zero-order valence-corrected chi connectivity index (χ0v) is 19.8. The summed E-state index contributed by atoms with van der Waals surface area (Å²) in [4.78, 5) is 15.4. The molecule has 0 aliphatic carbocycles. The summed E-state index contributed by atoms with van der Waals surface area (Å²) >= 11 is 0. The standard InChI is InChI=1S/C26H30F2N4O2/c1-17-25(18(2)32(30-17)24-9-6-21(27)14-23(24)28)26(33)29-15-19-10-12-31(13-11-19)16-20-4-7-22(34-3)8-5-20/h4-9,14,19H,10-13,15-16H2,1-3H3,(H,29,33). The number of rotatable bonds is 7. The van der Waals surface area contributed by atoms with Gasteiger partial charge in [-0.25, -0.2) is 13.5 Å². The SMILES string of the molecule is COc1ccc(CN2CCC(CNC(=O)c3c(C)nn(-c4ccc(F)cc4F)c3C)CC2)cc1. The van der Waals surface area contributed by atoms with E-state index in [0.29, 0.717) is 29.4 Å². The fourth-order valence-corrected chi connectivity index (χ4v) is 4.52. The second-order valence-corrected chi connectivity index (χ2v) is 8.83. The molecule has 1 N–H and O–H groups in total. The summed E-state index contributed by atoms with van der Waals surface area (Å²) in [7, 11) is 1.67. The van der Waals surface area contributed by atoms with Crippen molar-refractivity contribution in [1.29, 1.82) is 0 Å². The lowest BCUT2D eigenvalue weighted by Crippen LogP contribution is -2.38. The predicted octanol–water partition coefficient (Wildman–Crippen LogP) is 4.42. The van der Waals surface area contributed by atoms with Gasteiger partial charge in [-0.05, 0) is 75.5 Å². The molecule has 4 rings (SSSR count). The van der Waals surface area contributed by atoms with Crippen molar-refractivity contribution in [2.75, 3.05) is 26.7 Å². The van der Waals surface area contributed by atoms with E-state index >= 15 is 0 Å². The molecule has 0 unspecified atom stereocenters. The van der Waals surface area contributed by atoms with Gasteiger partial charge in [0.15, 0.2) is 5.82 Å². The number of hydrogen-bond acceptors (Lipinski definition) is 4. The van der Waals surface area contributed by atoms with Crippen molar-refractivity contribution in [2.45, 2.75) is 33.2 Å². The zero-order chi connectivity index (χ0) is 24.2. The first kappa shape index (κ1) is 23.9. The first-order valence-corrected chi connectivity index (χ1v) is 11.5. The van der Waals surface area contributed by atoms with Crippen LogP contribution in [0.1, 0.15) is 40.2 Å². The molecular formula is C26H30F2N4O2. The summed E-state index contributed by atoms with van der Waals surface area (Å²) in [6.45, 7) is 6.89. The first-order chi connectivity index (χ1) is 16.4. The summed E-state index contributed by atoms with van der Waals surface area (Å²) in [5.41, 5.74) is 2.84. The van der Waals surface area contributed by atoms with Crippen molar-refractivity contribution in [3.05, 3.63) is 76.6 Å². The predicted molar refractivity (Wildman–Crippen MR) is 126 cm³/mol. The first-order valence-electron chi connectivity index (χ1n) is 11.5. The Kier molecular flexibility index (Phi) is 7.26. The summed E-state index contributed by atoms with van der Waals surface area (Å²) < 4.78 is 34.1. The van der Waals surface area contributed by atoms with E-state index in [-0.39, 0.29) is 11.6 Å². The molecule has 1 aromatic heterocycles. The smallest absolute Gasteiger partial charge is 0.255 e. The van der Waals surface area contributed by atoms with Crippen molar-refractivity contribution < 1.29 is 18.3 Å². The van der Waals surface area contributed by atoms with Crippen molar-refractivity contribution >= 4 is 5.91 Å². The van der Waals surface area contributed by atoms with E-state index in [4.69, 9.17) is 4.74 Å². The van der Waals surface area contributed by atoms with E-state index in [1.165, 1.54) is 22.4 Å². The van der Waals surface area contributed by atoms with Gasteiger partial charge in [0.1, 0.15) is 17.3 Å². The van der Waals surface area contributed by atoms with E-state index in [9.17, 15) is 13.6 Å². The van der Waals surface area contributed by atoms with Crippen molar-refractivity contribution in [1.82, 2.24) is 20.0 Å². The third-order valence-corrected chi connectivity index (χ3v) is 6.48. The van der Waals surface area contributed by atoms with Gasteiger partial charge in [-0.3, -0.25) is 9.69 Å². The Labute approximate surface area is 198 Å². The van der Waals surface area contributed by atoms with Crippen LogP contribution in [0, 0.1) is 31.4 Å².